The Hall–Kier alpha value is -1.10. The highest BCUT2D eigenvalue weighted by atomic mass is 19.3. The van der Waals surface area contributed by atoms with Crippen molar-refractivity contribution in [3.8, 4) is 0 Å². The van der Waals surface area contributed by atoms with Crippen LogP contribution >= 0.6 is 0 Å². The molecule has 12 heavy (non-hydrogen) atoms. The Morgan fingerprint density at radius 1 is 1.50 bits per heavy atom. The van der Waals surface area contributed by atoms with Gasteiger partial charge in [0.15, 0.2) is 0 Å². The summed E-state index contributed by atoms with van der Waals surface area (Å²) in [5.41, 5.74) is 4.72. The molecule has 1 heterocycles. The first kappa shape index (κ1) is 8.99. The molecule has 0 atom stereocenters. The Balaban J connectivity index is 3.11. The minimum absolute atomic E-state index is 0.0463. The van der Waals surface area contributed by atoms with Crippen molar-refractivity contribution in [2.75, 3.05) is 0 Å². The average Bonchev–Trinajstić information content (AvgIpc) is 2.03. The summed E-state index contributed by atoms with van der Waals surface area (Å²) in [7, 11) is 0. The van der Waals surface area contributed by atoms with Crippen LogP contribution in [0.3, 0.4) is 0 Å². The average molecular weight is 176 g/mol. The lowest BCUT2D eigenvalue weighted by atomic mass is 10.2. The van der Waals surface area contributed by atoms with Crippen molar-refractivity contribution < 1.29 is 13.2 Å². The summed E-state index contributed by atoms with van der Waals surface area (Å²) in [5.74, 6) is -0.653. The van der Waals surface area contributed by atoms with Crippen molar-refractivity contribution in [1.29, 1.82) is 0 Å². The standard InChI is InChI=1S/C7H7F3N2/c8-5-1-4(2-11)6(7(9)10)12-3-5/h1,3,7H,2,11H2. The highest BCUT2D eigenvalue weighted by Gasteiger charge is 2.13. The largest absolute Gasteiger partial charge is 0.326 e. The third-order valence-corrected chi connectivity index (χ3v) is 1.39. The Bertz CT molecular complexity index is 275. The second-order valence-electron chi connectivity index (χ2n) is 2.20. The molecule has 0 aliphatic rings. The second kappa shape index (κ2) is 3.53. The fourth-order valence-corrected chi connectivity index (χ4v) is 0.852. The number of alkyl halides is 2. The Labute approximate surface area is 67.2 Å². The van der Waals surface area contributed by atoms with Gasteiger partial charge in [0.05, 0.1) is 6.20 Å². The lowest BCUT2D eigenvalue weighted by Crippen LogP contribution is -2.04. The third-order valence-electron chi connectivity index (χ3n) is 1.39. The van der Waals surface area contributed by atoms with Crippen LogP contribution in [0.25, 0.3) is 0 Å². The zero-order chi connectivity index (χ0) is 9.14. The van der Waals surface area contributed by atoms with Gasteiger partial charge in [0.2, 0.25) is 0 Å². The van der Waals surface area contributed by atoms with Gasteiger partial charge in [-0.15, -0.1) is 0 Å². The predicted molar refractivity (Wildman–Crippen MR) is 37.0 cm³/mol. The number of nitrogens with two attached hydrogens (primary N) is 1. The van der Waals surface area contributed by atoms with E-state index in [1.54, 1.807) is 0 Å². The minimum atomic E-state index is -2.70. The molecule has 2 nitrogen and oxygen atoms in total. The van der Waals surface area contributed by atoms with Gasteiger partial charge < -0.3 is 5.73 Å². The van der Waals surface area contributed by atoms with Gasteiger partial charge in [-0.2, -0.15) is 0 Å². The molecule has 0 unspecified atom stereocenters. The van der Waals surface area contributed by atoms with E-state index in [9.17, 15) is 13.2 Å². The molecule has 0 aliphatic carbocycles. The van der Waals surface area contributed by atoms with Crippen molar-refractivity contribution in [3.05, 3.63) is 29.3 Å². The van der Waals surface area contributed by atoms with Crippen molar-refractivity contribution in [3.63, 3.8) is 0 Å². The van der Waals surface area contributed by atoms with Crippen LogP contribution in [0.1, 0.15) is 17.7 Å². The monoisotopic (exact) mass is 176 g/mol. The number of pyridine rings is 1. The number of hydrogen-bond donors (Lipinski definition) is 1. The van der Waals surface area contributed by atoms with E-state index in [0.717, 1.165) is 12.3 Å². The summed E-state index contributed by atoms with van der Waals surface area (Å²) in [6.45, 7) is -0.134. The van der Waals surface area contributed by atoms with Gasteiger partial charge in [-0.05, 0) is 11.6 Å². The second-order valence-corrected chi connectivity index (χ2v) is 2.20. The van der Waals surface area contributed by atoms with Gasteiger partial charge in [-0.1, -0.05) is 0 Å². The zero-order valence-electron chi connectivity index (χ0n) is 6.10. The maximum Gasteiger partial charge on any atom is 0.280 e. The van der Waals surface area contributed by atoms with Crippen molar-refractivity contribution >= 4 is 0 Å². The maximum atomic E-state index is 12.4. The molecule has 1 rings (SSSR count). The van der Waals surface area contributed by atoms with Gasteiger partial charge in [0.1, 0.15) is 11.5 Å². The molecule has 0 saturated heterocycles. The van der Waals surface area contributed by atoms with E-state index in [-0.39, 0.29) is 12.1 Å². The zero-order valence-corrected chi connectivity index (χ0v) is 6.10. The Morgan fingerprint density at radius 2 is 2.17 bits per heavy atom. The lowest BCUT2D eigenvalue weighted by Gasteiger charge is -2.04. The number of aromatic nitrogens is 1. The molecule has 0 aliphatic heterocycles. The summed E-state index contributed by atoms with van der Waals surface area (Å²) in [4.78, 5) is 3.24. The van der Waals surface area contributed by atoms with Crippen molar-refractivity contribution in [2.24, 2.45) is 5.73 Å². The summed E-state index contributed by atoms with van der Waals surface area (Å²) in [6, 6.07) is 0.967. The molecule has 66 valence electrons. The molecule has 0 spiro atoms. The molecular formula is C7H7F3N2. The van der Waals surface area contributed by atoms with E-state index in [2.05, 4.69) is 4.98 Å². The fourth-order valence-electron chi connectivity index (χ4n) is 0.852. The first-order valence-electron chi connectivity index (χ1n) is 3.27. The Morgan fingerprint density at radius 3 is 2.67 bits per heavy atom. The number of hydrogen-bond acceptors (Lipinski definition) is 2. The first-order valence-corrected chi connectivity index (χ1v) is 3.27. The van der Waals surface area contributed by atoms with E-state index >= 15 is 0 Å². The third kappa shape index (κ3) is 1.73. The van der Waals surface area contributed by atoms with Gasteiger partial charge in [0, 0.05) is 6.54 Å². The van der Waals surface area contributed by atoms with Crippen LogP contribution in [0, 0.1) is 5.82 Å². The van der Waals surface area contributed by atoms with E-state index in [1.807, 2.05) is 0 Å². The first-order chi connectivity index (χ1) is 5.65. The molecular weight excluding hydrogens is 169 g/mol. The number of rotatable bonds is 2. The van der Waals surface area contributed by atoms with Crippen LogP contribution in [-0.2, 0) is 6.54 Å². The fraction of sp³-hybridized carbons (Fsp3) is 0.286. The molecule has 0 amide bonds. The molecule has 0 bridgehead atoms. The SMILES string of the molecule is NCc1cc(F)cnc1C(F)F. The molecule has 1 aromatic rings. The molecule has 0 radical (unpaired) electrons. The maximum absolute atomic E-state index is 12.4. The molecule has 5 heteroatoms. The molecule has 0 aromatic carbocycles. The smallest absolute Gasteiger partial charge is 0.280 e. The van der Waals surface area contributed by atoms with E-state index in [0.29, 0.717) is 0 Å². The van der Waals surface area contributed by atoms with Crippen molar-refractivity contribution in [1.82, 2.24) is 4.98 Å². The summed E-state index contributed by atoms with van der Waals surface area (Å²) in [5, 5.41) is 0. The molecule has 0 fully saturated rings. The minimum Gasteiger partial charge on any atom is -0.326 e. The molecule has 2 N–H and O–H groups in total. The topological polar surface area (TPSA) is 38.9 Å². The highest BCUT2D eigenvalue weighted by molar-refractivity contribution is 5.21. The van der Waals surface area contributed by atoms with E-state index in [1.165, 1.54) is 0 Å². The molecule has 1 aromatic heterocycles. The van der Waals surface area contributed by atoms with Gasteiger partial charge in [0.25, 0.3) is 6.43 Å². The van der Waals surface area contributed by atoms with Crippen LogP contribution in [0.2, 0.25) is 0 Å². The number of nitrogens with zero attached hydrogens (tertiary/aromatic N) is 1. The predicted octanol–water partition coefficient (Wildman–Crippen LogP) is 1.62. The van der Waals surface area contributed by atoms with Crippen molar-refractivity contribution in [2.45, 2.75) is 13.0 Å². The summed E-state index contributed by atoms with van der Waals surface area (Å²) >= 11 is 0. The quantitative estimate of drug-likeness (QED) is 0.743. The van der Waals surface area contributed by atoms with Gasteiger partial charge in [-0.3, -0.25) is 4.98 Å². The normalized spacial score (nSPS) is 10.8. The lowest BCUT2D eigenvalue weighted by molar-refractivity contribution is 0.144. The molecule has 0 saturated carbocycles. The van der Waals surface area contributed by atoms with Crippen LogP contribution < -0.4 is 5.73 Å². The van der Waals surface area contributed by atoms with Crippen LogP contribution in [0.15, 0.2) is 12.3 Å². The number of halogens is 3. The Kier molecular flexibility index (Phi) is 2.65. The van der Waals surface area contributed by atoms with Crippen LogP contribution in [0.4, 0.5) is 13.2 Å². The van der Waals surface area contributed by atoms with E-state index < -0.39 is 17.9 Å². The summed E-state index contributed by atoms with van der Waals surface area (Å²) in [6.07, 6.45) is -1.95. The van der Waals surface area contributed by atoms with Gasteiger partial charge >= 0.3 is 0 Å². The highest BCUT2D eigenvalue weighted by Crippen LogP contribution is 2.20. The van der Waals surface area contributed by atoms with Gasteiger partial charge in [-0.25, -0.2) is 13.2 Å². The summed E-state index contributed by atoms with van der Waals surface area (Å²) < 4.78 is 36.6. The van der Waals surface area contributed by atoms with Crippen LogP contribution in [0.5, 0.6) is 0 Å². The van der Waals surface area contributed by atoms with Crippen LogP contribution in [-0.4, -0.2) is 4.98 Å². The van der Waals surface area contributed by atoms with E-state index in [4.69, 9.17) is 5.73 Å².